The van der Waals surface area contributed by atoms with Gasteiger partial charge < -0.3 is 20.4 Å². The van der Waals surface area contributed by atoms with Gasteiger partial charge in [-0.3, -0.25) is 9.69 Å². The number of hydrogen-bond acceptors (Lipinski definition) is 5. The first-order valence-corrected chi connectivity index (χ1v) is 10.4. The SMILES string of the molecule is CCc1cc2c(=O)c(-c3nc4ccccc4[nH]3)c[nH]c2c(CN2CCNCC2)c1O. The molecule has 1 fully saturated rings. The van der Waals surface area contributed by atoms with Gasteiger partial charge in [-0.2, -0.15) is 0 Å². The molecule has 30 heavy (non-hydrogen) atoms. The number of H-pyrrole nitrogens is 2. The van der Waals surface area contributed by atoms with Crippen LogP contribution in [-0.2, 0) is 13.0 Å². The van der Waals surface area contributed by atoms with E-state index in [0.717, 1.165) is 48.3 Å². The Balaban J connectivity index is 1.67. The van der Waals surface area contributed by atoms with E-state index in [2.05, 4.69) is 25.2 Å². The predicted octanol–water partition coefficient (Wildman–Crippen LogP) is 2.74. The summed E-state index contributed by atoms with van der Waals surface area (Å²) in [7, 11) is 0. The third-order valence-electron chi connectivity index (χ3n) is 5.95. The van der Waals surface area contributed by atoms with Gasteiger partial charge in [0.2, 0.25) is 0 Å². The van der Waals surface area contributed by atoms with Gasteiger partial charge >= 0.3 is 0 Å². The van der Waals surface area contributed by atoms with Crippen LogP contribution in [0.15, 0.2) is 41.3 Å². The normalized spacial score (nSPS) is 15.2. The Morgan fingerprint density at radius 1 is 1.20 bits per heavy atom. The van der Waals surface area contributed by atoms with E-state index in [-0.39, 0.29) is 11.2 Å². The van der Waals surface area contributed by atoms with Crippen molar-refractivity contribution in [1.29, 1.82) is 0 Å². The number of fused-ring (bicyclic) bond motifs is 2. The molecule has 7 heteroatoms. The van der Waals surface area contributed by atoms with Crippen LogP contribution in [0.2, 0.25) is 0 Å². The zero-order valence-corrected chi connectivity index (χ0v) is 17.0. The third kappa shape index (κ3) is 3.16. The van der Waals surface area contributed by atoms with Crippen LogP contribution in [-0.4, -0.2) is 51.1 Å². The first-order valence-electron chi connectivity index (χ1n) is 10.4. The Kier molecular flexibility index (Phi) is 4.77. The number of aromatic amines is 2. The molecule has 7 nitrogen and oxygen atoms in total. The minimum Gasteiger partial charge on any atom is -0.507 e. The van der Waals surface area contributed by atoms with Crippen LogP contribution < -0.4 is 10.7 Å². The van der Waals surface area contributed by atoms with Gasteiger partial charge in [0.15, 0.2) is 5.43 Å². The highest BCUT2D eigenvalue weighted by molar-refractivity contribution is 5.89. The van der Waals surface area contributed by atoms with E-state index >= 15 is 0 Å². The number of aryl methyl sites for hydroxylation is 1. The largest absolute Gasteiger partial charge is 0.507 e. The highest BCUT2D eigenvalue weighted by atomic mass is 16.3. The van der Waals surface area contributed by atoms with E-state index in [4.69, 9.17) is 0 Å². The molecule has 4 N–H and O–H groups in total. The lowest BCUT2D eigenvalue weighted by atomic mass is 9.99. The Hall–Kier alpha value is -3.16. The number of pyridine rings is 1. The molecular formula is C23H25N5O2. The number of nitrogens with one attached hydrogen (secondary N) is 3. The van der Waals surface area contributed by atoms with Gasteiger partial charge in [-0.15, -0.1) is 0 Å². The zero-order chi connectivity index (χ0) is 20.7. The summed E-state index contributed by atoms with van der Waals surface area (Å²) >= 11 is 0. The first-order chi connectivity index (χ1) is 14.7. The Bertz CT molecular complexity index is 1250. The summed E-state index contributed by atoms with van der Waals surface area (Å²) in [6.07, 6.45) is 2.36. The molecule has 2 aromatic heterocycles. The number of piperazine rings is 1. The predicted molar refractivity (Wildman–Crippen MR) is 119 cm³/mol. The fourth-order valence-corrected chi connectivity index (χ4v) is 4.26. The van der Waals surface area contributed by atoms with Crippen LogP contribution in [0.3, 0.4) is 0 Å². The van der Waals surface area contributed by atoms with Crippen molar-refractivity contribution in [1.82, 2.24) is 25.2 Å². The number of imidazole rings is 1. The van der Waals surface area contributed by atoms with Crippen LogP contribution in [0.5, 0.6) is 5.75 Å². The molecule has 1 saturated heterocycles. The molecule has 0 atom stereocenters. The number of aromatic nitrogens is 3. The van der Waals surface area contributed by atoms with E-state index in [1.807, 2.05) is 37.3 Å². The molecule has 3 heterocycles. The third-order valence-corrected chi connectivity index (χ3v) is 5.95. The van der Waals surface area contributed by atoms with Gasteiger partial charge in [0.05, 0.1) is 22.1 Å². The molecule has 0 unspecified atom stereocenters. The van der Waals surface area contributed by atoms with E-state index < -0.39 is 0 Å². The van der Waals surface area contributed by atoms with E-state index in [1.165, 1.54) is 0 Å². The average Bonchev–Trinajstić information content (AvgIpc) is 3.20. The molecule has 0 saturated carbocycles. The molecule has 1 aliphatic heterocycles. The van der Waals surface area contributed by atoms with Crippen LogP contribution in [0.1, 0.15) is 18.1 Å². The summed E-state index contributed by atoms with van der Waals surface area (Å²) in [5.41, 5.74) is 4.42. The number of para-hydroxylation sites is 2. The maximum atomic E-state index is 13.4. The van der Waals surface area contributed by atoms with Gasteiger partial charge in [-0.25, -0.2) is 4.98 Å². The van der Waals surface area contributed by atoms with E-state index in [1.54, 1.807) is 6.20 Å². The van der Waals surface area contributed by atoms with Crippen molar-refractivity contribution in [3.05, 3.63) is 57.9 Å². The number of benzene rings is 2. The Morgan fingerprint density at radius 3 is 2.77 bits per heavy atom. The summed E-state index contributed by atoms with van der Waals surface area (Å²) in [5.74, 6) is 0.838. The topological polar surface area (TPSA) is 97.0 Å². The molecule has 0 aliphatic carbocycles. The number of phenolic OH excluding ortho intramolecular Hbond substituents is 1. The van der Waals surface area contributed by atoms with Crippen LogP contribution in [0, 0.1) is 0 Å². The second-order valence-electron chi connectivity index (χ2n) is 7.80. The second-order valence-corrected chi connectivity index (χ2v) is 7.80. The summed E-state index contributed by atoms with van der Waals surface area (Å²) in [4.78, 5) is 26.9. The lowest BCUT2D eigenvalue weighted by molar-refractivity contribution is 0.231. The molecule has 5 rings (SSSR count). The fourth-order valence-electron chi connectivity index (χ4n) is 4.26. The highest BCUT2D eigenvalue weighted by Gasteiger charge is 2.20. The number of hydrogen-bond donors (Lipinski definition) is 4. The van der Waals surface area contributed by atoms with Gasteiger partial charge in [0, 0.05) is 49.9 Å². The standard InChI is InChI=1S/C23H25N5O2/c1-2-14-11-15-20(17(21(14)29)13-28-9-7-24-8-10-28)25-12-16(22(15)30)23-26-18-5-3-4-6-19(18)27-23/h3-6,11-12,24,29H,2,7-10,13H2,1H3,(H,25,30)(H,26,27). The lowest BCUT2D eigenvalue weighted by Crippen LogP contribution is -2.43. The number of nitrogens with zero attached hydrogens (tertiary/aromatic N) is 2. The molecule has 4 aromatic rings. The molecule has 154 valence electrons. The second kappa shape index (κ2) is 7.59. The van der Waals surface area contributed by atoms with Gasteiger partial charge in [-0.05, 0) is 30.2 Å². The van der Waals surface area contributed by atoms with Crippen molar-refractivity contribution < 1.29 is 5.11 Å². The Labute approximate surface area is 173 Å². The molecule has 0 bridgehead atoms. The maximum absolute atomic E-state index is 13.4. The van der Waals surface area contributed by atoms with Crippen molar-refractivity contribution in [2.45, 2.75) is 19.9 Å². The molecule has 0 amide bonds. The quantitative estimate of drug-likeness (QED) is 0.420. The van der Waals surface area contributed by atoms with Crippen LogP contribution in [0.25, 0.3) is 33.3 Å². The Morgan fingerprint density at radius 2 is 2.00 bits per heavy atom. The van der Waals surface area contributed by atoms with Crippen molar-refractivity contribution in [2.75, 3.05) is 26.2 Å². The number of aromatic hydroxyl groups is 1. The average molecular weight is 403 g/mol. The number of phenols is 1. The smallest absolute Gasteiger partial charge is 0.200 e. The van der Waals surface area contributed by atoms with Crippen LogP contribution >= 0.6 is 0 Å². The van der Waals surface area contributed by atoms with Gasteiger partial charge in [0.1, 0.15) is 11.6 Å². The summed E-state index contributed by atoms with van der Waals surface area (Å²) < 4.78 is 0. The molecule has 2 aromatic carbocycles. The first kappa shape index (κ1) is 18.8. The van der Waals surface area contributed by atoms with Gasteiger partial charge in [-0.1, -0.05) is 19.1 Å². The van der Waals surface area contributed by atoms with Crippen molar-refractivity contribution in [2.24, 2.45) is 0 Å². The number of rotatable bonds is 4. The minimum absolute atomic E-state index is 0.0842. The lowest BCUT2D eigenvalue weighted by Gasteiger charge is -2.28. The monoisotopic (exact) mass is 403 g/mol. The highest BCUT2D eigenvalue weighted by Crippen LogP contribution is 2.31. The maximum Gasteiger partial charge on any atom is 0.200 e. The molecule has 0 radical (unpaired) electrons. The summed E-state index contributed by atoms with van der Waals surface area (Å²) in [5, 5.41) is 14.8. The molecule has 1 aliphatic rings. The van der Waals surface area contributed by atoms with E-state index in [9.17, 15) is 9.90 Å². The molecule has 0 spiro atoms. The summed E-state index contributed by atoms with van der Waals surface area (Å²) in [6, 6.07) is 9.55. The van der Waals surface area contributed by atoms with Gasteiger partial charge in [0.25, 0.3) is 0 Å². The zero-order valence-electron chi connectivity index (χ0n) is 17.0. The van der Waals surface area contributed by atoms with Crippen molar-refractivity contribution in [3.8, 4) is 17.1 Å². The van der Waals surface area contributed by atoms with Crippen LogP contribution in [0.4, 0.5) is 0 Å². The van der Waals surface area contributed by atoms with Crippen molar-refractivity contribution >= 4 is 21.9 Å². The van der Waals surface area contributed by atoms with Crippen molar-refractivity contribution in [3.63, 3.8) is 0 Å². The summed E-state index contributed by atoms with van der Waals surface area (Å²) in [6.45, 7) is 6.29. The minimum atomic E-state index is -0.0842. The fraction of sp³-hybridized carbons (Fsp3) is 0.304. The van der Waals surface area contributed by atoms with E-state index in [0.29, 0.717) is 35.3 Å². The molecular weight excluding hydrogens is 378 g/mol.